The molecule has 0 aliphatic heterocycles. The van der Waals surface area contributed by atoms with Gasteiger partial charge in [0.2, 0.25) is 0 Å². The maximum atomic E-state index is 13.1. The number of ketones is 2. The molecule has 1 fully saturated rings. The standard InChI is InChI=1S/C27H32O4/c1-17-11-13-22(19-9-6-10-21-20(19)14-15-23(21)28)26(25(17)30-4)31-27(2,3)24(29)16-12-18-7-5-8-18/h6,9-11,13,18H,5,7-8,12,14-16H2,1-4H3. The van der Waals surface area contributed by atoms with E-state index in [1.165, 1.54) is 19.3 Å². The summed E-state index contributed by atoms with van der Waals surface area (Å²) in [4.78, 5) is 25.4. The Labute approximate surface area is 185 Å². The van der Waals surface area contributed by atoms with Crippen LogP contribution in [-0.2, 0) is 11.2 Å². The van der Waals surface area contributed by atoms with Crippen molar-refractivity contribution in [3.8, 4) is 22.6 Å². The predicted octanol–water partition coefficient (Wildman–Crippen LogP) is 6.11. The third-order valence-corrected chi connectivity index (χ3v) is 6.91. The summed E-state index contributed by atoms with van der Waals surface area (Å²) < 4.78 is 12.2. The van der Waals surface area contributed by atoms with Crippen molar-refractivity contribution in [3.63, 3.8) is 0 Å². The van der Waals surface area contributed by atoms with E-state index in [0.29, 0.717) is 30.3 Å². The van der Waals surface area contributed by atoms with Crippen molar-refractivity contribution in [2.75, 3.05) is 7.11 Å². The molecule has 0 aromatic heterocycles. The van der Waals surface area contributed by atoms with E-state index in [0.717, 1.165) is 40.7 Å². The highest BCUT2D eigenvalue weighted by Gasteiger charge is 2.34. The van der Waals surface area contributed by atoms with E-state index >= 15 is 0 Å². The maximum Gasteiger partial charge on any atom is 0.175 e. The van der Waals surface area contributed by atoms with Crippen molar-refractivity contribution in [1.29, 1.82) is 0 Å². The number of ether oxygens (including phenoxy) is 2. The minimum atomic E-state index is -0.965. The Bertz CT molecular complexity index is 1010. The molecule has 0 heterocycles. The van der Waals surface area contributed by atoms with Crippen molar-refractivity contribution in [1.82, 2.24) is 0 Å². The second kappa shape index (κ2) is 8.49. The van der Waals surface area contributed by atoms with Gasteiger partial charge in [0.05, 0.1) is 7.11 Å². The number of Topliss-reactive ketones (excluding diaryl/α,β-unsaturated/α-hetero) is 2. The lowest BCUT2D eigenvalue weighted by molar-refractivity contribution is -0.132. The third-order valence-electron chi connectivity index (χ3n) is 6.91. The molecule has 31 heavy (non-hydrogen) atoms. The van der Waals surface area contributed by atoms with Crippen LogP contribution in [0, 0.1) is 12.8 Å². The fraction of sp³-hybridized carbons (Fsp3) is 0.481. The molecule has 2 aromatic carbocycles. The molecule has 0 spiro atoms. The molecule has 4 nitrogen and oxygen atoms in total. The highest BCUT2D eigenvalue weighted by molar-refractivity contribution is 6.02. The molecule has 1 saturated carbocycles. The van der Waals surface area contributed by atoms with Gasteiger partial charge in [-0.1, -0.05) is 49.6 Å². The predicted molar refractivity (Wildman–Crippen MR) is 122 cm³/mol. The molecule has 0 amide bonds. The molecule has 0 unspecified atom stereocenters. The highest BCUT2D eigenvalue weighted by Crippen LogP contribution is 2.45. The molecule has 164 valence electrons. The molecule has 0 radical (unpaired) electrons. The van der Waals surface area contributed by atoms with Crippen molar-refractivity contribution in [2.24, 2.45) is 5.92 Å². The van der Waals surface area contributed by atoms with Gasteiger partial charge in [0.25, 0.3) is 0 Å². The summed E-state index contributed by atoms with van der Waals surface area (Å²) >= 11 is 0. The summed E-state index contributed by atoms with van der Waals surface area (Å²) in [5.74, 6) is 2.21. The largest absolute Gasteiger partial charge is 0.493 e. The average Bonchev–Trinajstić information content (AvgIpc) is 3.08. The van der Waals surface area contributed by atoms with Gasteiger partial charge in [0, 0.05) is 24.0 Å². The molecule has 2 aliphatic carbocycles. The fourth-order valence-corrected chi connectivity index (χ4v) is 4.70. The second-order valence-electron chi connectivity index (χ2n) is 9.42. The SMILES string of the molecule is COc1c(C)ccc(-c2cccc3c2CCC3=O)c1OC(C)(C)C(=O)CCC1CCC1. The number of rotatable bonds is 8. The van der Waals surface area contributed by atoms with Crippen molar-refractivity contribution >= 4 is 11.6 Å². The number of aryl methyl sites for hydroxylation is 1. The Morgan fingerprint density at radius 1 is 1.03 bits per heavy atom. The molecule has 2 aliphatic rings. The zero-order valence-corrected chi connectivity index (χ0v) is 19.0. The third kappa shape index (κ3) is 4.13. The first kappa shape index (κ1) is 21.6. The first-order chi connectivity index (χ1) is 14.8. The van der Waals surface area contributed by atoms with Gasteiger partial charge >= 0.3 is 0 Å². The van der Waals surface area contributed by atoms with E-state index in [4.69, 9.17) is 9.47 Å². The van der Waals surface area contributed by atoms with Crippen LogP contribution in [0.15, 0.2) is 30.3 Å². The molecular formula is C27H32O4. The van der Waals surface area contributed by atoms with Crippen molar-refractivity contribution in [2.45, 2.75) is 71.3 Å². The summed E-state index contributed by atoms with van der Waals surface area (Å²) in [6, 6.07) is 9.86. The van der Waals surface area contributed by atoms with Crippen LogP contribution in [0.2, 0.25) is 0 Å². The molecule has 2 aromatic rings. The monoisotopic (exact) mass is 420 g/mol. The van der Waals surface area contributed by atoms with Gasteiger partial charge in [0.1, 0.15) is 0 Å². The first-order valence-electron chi connectivity index (χ1n) is 11.4. The molecular weight excluding hydrogens is 388 g/mol. The zero-order valence-electron chi connectivity index (χ0n) is 19.0. The number of fused-ring (bicyclic) bond motifs is 1. The van der Waals surface area contributed by atoms with Crippen LogP contribution in [0.3, 0.4) is 0 Å². The van der Waals surface area contributed by atoms with Gasteiger partial charge in [0.15, 0.2) is 28.7 Å². The molecule has 0 atom stereocenters. The van der Waals surface area contributed by atoms with Crippen LogP contribution >= 0.6 is 0 Å². The minimum Gasteiger partial charge on any atom is -0.493 e. The van der Waals surface area contributed by atoms with Crippen LogP contribution < -0.4 is 9.47 Å². The Hall–Kier alpha value is -2.62. The van der Waals surface area contributed by atoms with E-state index in [1.54, 1.807) is 7.11 Å². The summed E-state index contributed by atoms with van der Waals surface area (Å²) in [6.45, 7) is 5.67. The zero-order chi connectivity index (χ0) is 22.2. The van der Waals surface area contributed by atoms with Crippen LogP contribution in [0.5, 0.6) is 11.5 Å². The highest BCUT2D eigenvalue weighted by atomic mass is 16.5. The normalized spacial score (nSPS) is 16.1. The first-order valence-corrected chi connectivity index (χ1v) is 11.4. The molecule has 4 heteroatoms. The van der Waals surface area contributed by atoms with Crippen molar-refractivity contribution in [3.05, 3.63) is 47.0 Å². The van der Waals surface area contributed by atoms with Crippen LogP contribution in [0.1, 0.15) is 73.9 Å². The smallest absolute Gasteiger partial charge is 0.175 e. The number of carbonyl (C=O) groups is 2. The number of hydrogen-bond acceptors (Lipinski definition) is 4. The topological polar surface area (TPSA) is 52.6 Å². The summed E-state index contributed by atoms with van der Waals surface area (Å²) in [7, 11) is 1.63. The van der Waals surface area contributed by atoms with Gasteiger partial charge in [-0.15, -0.1) is 0 Å². The average molecular weight is 421 g/mol. The number of hydrogen-bond donors (Lipinski definition) is 0. The van der Waals surface area contributed by atoms with Gasteiger partial charge in [-0.2, -0.15) is 0 Å². The molecule has 0 N–H and O–H groups in total. The summed E-state index contributed by atoms with van der Waals surface area (Å²) in [5.41, 5.74) is 3.68. The van der Waals surface area contributed by atoms with Gasteiger partial charge in [-0.25, -0.2) is 0 Å². The molecule has 0 bridgehead atoms. The Morgan fingerprint density at radius 2 is 1.77 bits per heavy atom. The number of benzene rings is 2. The minimum absolute atomic E-state index is 0.113. The Kier molecular flexibility index (Phi) is 5.92. The second-order valence-corrected chi connectivity index (χ2v) is 9.42. The number of methoxy groups -OCH3 is 1. The summed E-state index contributed by atoms with van der Waals surface area (Å²) in [5, 5.41) is 0. The lowest BCUT2D eigenvalue weighted by Gasteiger charge is -2.30. The molecule has 4 rings (SSSR count). The van der Waals surface area contributed by atoms with E-state index in [1.807, 2.05) is 51.1 Å². The van der Waals surface area contributed by atoms with Gasteiger partial charge < -0.3 is 9.47 Å². The van der Waals surface area contributed by atoms with E-state index in [2.05, 4.69) is 0 Å². The Morgan fingerprint density at radius 3 is 2.45 bits per heavy atom. The van der Waals surface area contributed by atoms with Gasteiger partial charge in [-0.05, 0) is 56.2 Å². The Balaban J connectivity index is 1.71. The van der Waals surface area contributed by atoms with Crippen LogP contribution in [-0.4, -0.2) is 24.3 Å². The van der Waals surface area contributed by atoms with E-state index in [9.17, 15) is 9.59 Å². The summed E-state index contributed by atoms with van der Waals surface area (Å²) in [6.07, 6.45) is 6.51. The van der Waals surface area contributed by atoms with Crippen molar-refractivity contribution < 1.29 is 19.1 Å². The fourth-order valence-electron chi connectivity index (χ4n) is 4.70. The van der Waals surface area contributed by atoms with Gasteiger partial charge in [-0.3, -0.25) is 9.59 Å². The molecule has 0 saturated heterocycles. The quantitative estimate of drug-likeness (QED) is 0.517. The van der Waals surface area contributed by atoms with Crippen LogP contribution in [0.4, 0.5) is 0 Å². The lowest BCUT2D eigenvalue weighted by Crippen LogP contribution is -2.38. The van der Waals surface area contributed by atoms with E-state index in [-0.39, 0.29) is 11.6 Å². The van der Waals surface area contributed by atoms with Crippen LogP contribution in [0.25, 0.3) is 11.1 Å². The maximum absolute atomic E-state index is 13.1. The number of carbonyl (C=O) groups excluding carboxylic acids is 2. The lowest BCUT2D eigenvalue weighted by atomic mass is 9.80. The van der Waals surface area contributed by atoms with E-state index < -0.39 is 5.60 Å².